The van der Waals surface area contributed by atoms with Gasteiger partial charge in [-0.25, -0.2) is 4.79 Å². The second kappa shape index (κ2) is 8.82. The molecule has 0 saturated carbocycles. The molecule has 4 nitrogen and oxygen atoms in total. The van der Waals surface area contributed by atoms with Gasteiger partial charge in [0.15, 0.2) is 6.61 Å². The highest BCUT2D eigenvalue weighted by molar-refractivity contribution is 6.32. The normalized spacial score (nSPS) is 10.7. The maximum absolute atomic E-state index is 11.3. The van der Waals surface area contributed by atoms with Crippen LogP contribution in [-0.4, -0.2) is 25.7 Å². The van der Waals surface area contributed by atoms with E-state index in [9.17, 15) is 4.79 Å². The number of nitrogens with one attached hydrogen (secondary N) is 1. The second-order valence-corrected chi connectivity index (χ2v) is 5.25. The number of hydrogen-bond donors (Lipinski definition) is 1. The molecule has 0 aliphatic heterocycles. The maximum Gasteiger partial charge on any atom is 0.344 e. The van der Waals surface area contributed by atoms with Crippen molar-refractivity contribution in [1.29, 1.82) is 0 Å². The number of halogens is 1. The van der Waals surface area contributed by atoms with Gasteiger partial charge in [-0.2, -0.15) is 0 Å². The van der Waals surface area contributed by atoms with Crippen LogP contribution in [0.1, 0.15) is 26.3 Å². The molecule has 1 aromatic carbocycles. The summed E-state index contributed by atoms with van der Waals surface area (Å²) in [5.41, 5.74) is 0.933. The molecule has 0 radical (unpaired) electrons. The van der Waals surface area contributed by atoms with E-state index < -0.39 is 5.97 Å². The monoisotopic (exact) mass is 299 g/mol. The zero-order chi connectivity index (χ0) is 15.0. The molecule has 0 spiro atoms. The van der Waals surface area contributed by atoms with E-state index in [1.165, 1.54) is 0 Å². The summed E-state index contributed by atoms with van der Waals surface area (Å²) in [5.74, 6) is 0.713. The lowest BCUT2D eigenvalue weighted by molar-refractivity contribution is -0.145. The molecule has 0 unspecified atom stereocenters. The van der Waals surface area contributed by atoms with Crippen LogP contribution in [0, 0.1) is 5.92 Å². The molecule has 1 N–H and O–H groups in total. The Bertz CT molecular complexity index is 435. The topological polar surface area (TPSA) is 47.6 Å². The van der Waals surface area contributed by atoms with Gasteiger partial charge >= 0.3 is 5.97 Å². The van der Waals surface area contributed by atoms with Gasteiger partial charge in [-0.05, 0) is 25.5 Å². The van der Waals surface area contributed by atoms with E-state index >= 15 is 0 Å². The SMILES string of the molecule is CCOC(=O)COc1c(Cl)cccc1CNCC(C)C. The van der Waals surface area contributed by atoms with Gasteiger partial charge < -0.3 is 14.8 Å². The van der Waals surface area contributed by atoms with Crippen LogP contribution in [0.2, 0.25) is 5.02 Å². The summed E-state index contributed by atoms with van der Waals surface area (Å²) in [4.78, 5) is 11.3. The van der Waals surface area contributed by atoms with Crippen molar-refractivity contribution in [2.75, 3.05) is 19.8 Å². The van der Waals surface area contributed by atoms with Crippen LogP contribution < -0.4 is 10.1 Å². The third kappa shape index (κ3) is 5.80. The lowest BCUT2D eigenvalue weighted by Gasteiger charge is -2.14. The standard InChI is InChI=1S/C15H22ClNO3/c1-4-19-14(18)10-20-15-12(6-5-7-13(15)16)9-17-8-11(2)3/h5-7,11,17H,4,8-10H2,1-3H3. The van der Waals surface area contributed by atoms with E-state index in [2.05, 4.69) is 19.2 Å². The van der Waals surface area contributed by atoms with Gasteiger partial charge in [-0.15, -0.1) is 0 Å². The van der Waals surface area contributed by atoms with Gasteiger partial charge in [0.2, 0.25) is 0 Å². The molecule has 0 aromatic heterocycles. The van der Waals surface area contributed by atoms with Crippen LogP contribution >= 0.6 is 11.6 Å². The highest BCUT2D eigenvalue weighted by Crippen LogP contribution is 2.28. The minimum absolute atomic E-state index is 0.130. The highest BCUT2D eigenvalue weighted by Gasteiger charge is 2.11. The minimum atomic E-state index is -0.395. The molecule has 0 amide bonds. The summed E-state index contributed by atoms with van der Waals surface area (Å²) in [5, 5.41) is 3.83. The summed E-state index contributed by atoms with van der Waals surface area (Å²) in [6.07, 6.45) is 0. The maximum atomic E-state index is 11.3. The van der Waals surface area contributed by atoms with Crippen molar-refractivity contribution < 1.29 is 14.3 Å². The number of rotatable bonds is 8. The zero-order valence-electron chi connectivity index (χ0n) is 12.2. The molecule has 0 saturated heterocycles. The number of para-hydroxylation sites is 1. The Kier molecular flexibility index (Phi) is 7.41. The van der Waals surface area contributed by atoms with E-state index in [4.69, 9.17) is 21.1 Å². The first kappa shape index (κ1) is 16.8. The first-order valence-corrected chi connectivity index (χ1v) is 7.18. The Morgan fingerprint density at radius 3 is 2.80 bits per heavy atom. The Labute approximate surface area is 125 Å². The Morgan fingerprint density at radius 1 is 1.40 bits per heavy atom. The van der Waals surface area contributed by atoms with E-state index in [0.717, 1.165) is 12.1 Å². The Morgan fingerprint density at radius 2 is 2.15 bits per heavy atom. The molecule has 0 fully saturated rings. The van der Waals surface area contributed by atoms with Crippen molar-refractivity contribution in [3.05, 3.63) is 28.8 Å². The second-order valence-electron chi connectivity index (χ2n) is 4.85. The molecule has 1 rings (SSSR count). The van der Waals surface area contributed by atoms with E-state index in [-0.39, 0.29) is 6.61 Å². The molecule has 0 atom stereocenters. The summed E-state index contributed by atoms with van der Waals surface area (Å²) >= 11 is 6.13. The zero-order valence-corrected chi connectivity index (χ0v) is 13.0. The largest absolute Gasteiger partial charge is 0.480 e. The van der Waals surface area contributed by atoms with Crippen molar-refractivity contribution in [3.63, 3.8) is 0 Å². The number of hydrogen-bond acceptors (Lipinski definition) is 4. The minimum Gasteiger partial charge on any atom is -0.480 e. The van der Waals surface area contributed by atoms with Gasteiger partial charge in [0.05, 0.1) is 11.6 Å². The third-order valence-electron chi connectivity index (χ3n) is 2.56. The van der Waals surface area contributed by atoms with Crippen LogP contribution in [0.25, 0.3) is 0 Å². The predicted molar refractivity (Wildman–Crippen MR) is 80.1 cm³/mol. The van der Waals surface area contributed by atoms with Crippen molar-refractivity contribution in [3.8, 4) is 5.75 Å². The van der Waals surface area contributed by atoms with Gasteiger partial charge in [-0.3, -0.25) is 0 Å². The van der Waals surface area contributed by atoms with Crippen LogP contribution in [0.4, 0.5) is 0 Å². The number of ether oxygens (including phenoxy) is 2. The lowest BCUT2D eigenvalue weighted by atomic mass is 10.2. The predicted octanol–water partition coefficient (Wildman–Crippen LogP) is 3.03. The van der Waals surface area contributed by atoms with E-state index in [1.54, 1.807) is 13.0 Å². The van der Waals surface area contributed by atoms with E-state index in [0.29, 0.717) is 29.8 Å². The van der Waals surface area contributed by atoms with Crippen molar-refractivity contribution in [1.82, 2.24) is 5.32 Å². The fourth-order valence-corrected chi connectivity index (χ4v) is 1.93. The quantitative estimate of drug-likeness (QED) is 0.750. The van der Waals surface area contributed by atoms with Gasteiger partial charge in [0, 0.05) is 12.1 Å². The Balaban J connectivity index is 2.65. The van der Waals surface area contributed by atoms with Gasteiger partial charge in [0.25, 0.3) is 0 Å². The van der Waals surface area contributed by atoms with Crippen LogP contribution in [0.3, 0.4) is 0 Å². The van der Waals surface area contributed by atoms with Gasteiger partial charge in [0.1, 0.15) is 5.75 Å². The van der Waals surface area contributed by atoms with Crippen LogP contribution in [0.5, 0.6) is 5.75 Å². The summed E-state index contributed by atoms with van der Waals surface area (Å²) in [6.45, 7) is 7.81. The van der Waals surface area contributed by atoms with Crippen molar-refractivity contribution in [2.45, 2.75) is 27.3 Å². The molecule has 5 heteroatoms. The number of carbonyl (C=O) groups is 1. The van der Waals surface area contributed by atoms with Crippen LogP contribution in [-0.2, 0) is 16.1 Å². The van der Waals surface area contributed by atoms with Crippen molar-refractivity contribution in [2.24, 2.45) is 5.92 Å². The molecule has 0 aliphatic rings. The third-order valence-corrected chi connectivity index (χ3v) is 2.85. The molecule has 0 heterocycles. The summed E-state index contributed by atoms with van der Waals surface area (Å²) < 4.78 is 10.3. The first-order valence-electron chi connectivity index (χ1n) is 6.81. The lowest BCUT2D eigenvalue weighted by Crippen LogP contribution is -2.20. The average Bonchev–Trinajstić information content (AvgIpc) is 2.38. The molecular weight excluding hydrogens is 278 g/mol. The molecule has 1 aromatic rings. The number of carbonyl (C=O) groups excluding carboxylic acids is 1. The van der Waals surface area contributed by atoms with Crippen LogP contribution in [0.15, 0.2) is 18.2 Å². The first-order chi connectivity index (χ1) is 9.54. The molecular formula is C15H22ClNO3. The van der Waals surface area contributed by atoms with Gasteiger partial charge in [-0.1, -0.05) is 37.6 Å². The van der Waals surface area contributed by atoms with E-state index in [1.807, 2.05) is 12.1 Å². The summed E-state index contributed by atoms with van der Waals surface area (Å²) in [6, 6.07) is 5.54. The molecule has 0 aliphatic carbocycles. The highest BCUT2D eigenvalue weighted by atomic mass is 35.5. The summed E-state index contributed by atoms with van der Waals surface area (Å²) in [7, 11) is 0. The molecule has 112 valence electrons. The fraction of sp³-hybridized carbons (Fsp3) is 0.533. The molecule has 20 heavy (non-hydrogen) atoms. The van der Waals surface area contributed by atoms with Crippen molar-refractivity contribution >= 4 is 17.6 Å². The smallest absolute Gasteiger partial charge is 0.344 e. The molecule has 0 bridgehead atoms. The fourth-order valence-electron chi connectivity index (χ4n) is 1.68. The average molecular weight is 300 g/mol. The Hall–Kier alpha value is -1.26. The number of esters is 1. The number of benzene rings is 1.